The van der Waals surface area contributed by atoms with E-state index in [2.05, 4.69) is 15.3 Å². The van der Waals surface area contributed by atoms with Gasteiger partial charge in [-0.2, -0.15) is 0 Å². The predicted octanol–water partition coefficient (Wildman–Crippen LogP) is 3.55. The molecule has 0 atom stereocenters. The Hall–Kier alpha value is -2.44. The quantitative estimate of drug-likeness (QED) is 0.731. The summed E-state index contributed by atoms with van der Waals surface area (Å²) >= 11 is 7.33. The standard InChI is InChI=1S/C17H14ClN3O2S/c18-13-1-3-15(4-2-13)23-10-16(22)20-9-14-11-24-17(21-14)12-5-7-19-8-6-12/h1-8,11H,9-10H2,(H,20,22). The van der Waals surface area contributed by atoms with Crippen molar-refractivity contribution in [2.45, 2.75) is 6.54 Å². The van der Waals surface area contributed by atoms with E-state index in [4.69, 9.17) is 16.3 Å². The summed E-state index contributed by atoms with van der Waals surface area (Å²) in [5.41, 5.74) is 1.82. The zero-order valence-corrected chi connectivity index (χ0v) is 14.2. The highest BCUT2D eigenvalue weighted by Gasteiger charge is 2.07. The summed E-state index contributed by atoms with van der Waals surface area (Å²) in [6.45, 7) is 0.313. The molecule has 0 bridgehead atoms. The first-order chi connectivity index (χ1) is 11.7. The summed E-state index contributed by atoms with van der Waals surface area (Å²) in [7, 11) is 0. The van der Waals surface area contributed by atoms with Crippen LogP contribution < -0.4 is 10.1 Å². The molecule has 0 radical (unpaired) electrons. The minimum atomic E-state index is -0.205. The number of carbonyl (C=O) groups is 1. The smallest absolute Gasteiger partial charge is 0.258 e. The molecule has 0 aliphatic heterocycles. The van der Waals surface area contributed by atoms with Crippen LogP contribution in [-0.4, -0.2) is 22.5 Å². The minimum Gasteiger partial charge on any atom is -0.484 e. The largest absolute Gasteiger partial charge is 0.484 e. The molecule has 0 aliphatic carbocycles. The Morgan fingerprint density at radius 2 is 1.92 bits per heavy atom. The number of amides is 1. The molecule has 0 saturated heterocycles. The lowest BCUT2D eigenvalue weighted by molar-refractivity contribution is -0.123. The van der Waals surface area contributed by atoms with E-state index in [1.54, 1.807) is 36.7 Å². The lowest BCUT2D eigenvalue weighted by Gasteiger charge is -2.06. The third kappa shape index (κ3) is 4.53. The van der Waals surface area contributed by atoms with E-state index in [0.717, 1.165) is 16.3 Å². The number of hydrogen-bond donors (Lipinski definition) is 1. The van der Waals surface area contributed by atoms with Crippen molar-refractivity contribution in [3.63, 3.8) is 0 Å². The van der Waals surface area contributed by atoms with E-state index >= 15 is 0 Å². The number of aromatic nitrogens is 2. The number of halogens is 1. The number of rotatable bonds is 6. The Bertz CT molecular complexity index is 806. The van der Waals surface area contributed by atoms with E-state index in [9.17, 15) is 4.79 Å². The van der Waals surface area contributed by atoms with Gasteiger partial charge in [-0.1, -0.05) is 11.6 Å². The Morgan fingerprint density at radius 3 is 2.67 bits per heavy atom. The number of nitrogens with one attached hydrogen (secondary N) is 1. The maximum absolute atomic E-state index is 11.8. The molecule has 1 N–H and O–H groups in total. The fraction of sp³-hybridized carbons (Fsp3) is 0.118. The Balaban J connectivity index is 1.48. The van der Waals surface area contributed by atoms with Crippen molar-refractivity contribution < 1.29 is 9.53 Å². The summed E-state index contributed by atoms with van der Waals surface area (Å²) in [5, 5.41) is 6.24. The number of pyridine rings is 1. The van der Waals surface area contributed by atoms with Crippen molar-refractivity contribution in [2.75, 3.05) is 6.61 Å². The molecule has 24 heavy (non-hydrogen) atoms. The zero-order chi connectivity index (χ0) is 16.8. The van der Waals surface area contributed by atoms with Crippen LogP contribution in [0.4, 0.5) is 0 Å². The second kappa shape index (κ2) is 7.90. The van der Waals surface area contributed by atoms with Crippen molar-refractivity contribution in [1.29, 1.82) is 0 Å². The first-order valence-electron chi connectivity index (χ1n) is 7.20. The highest BCUT2D eigenvalue weighted by Crippen LogP contribution is 2.22. The number of ether oxygens (including phenoxy) is 1. The van der Waals surface area contributed by atoms with E-state index in [-0.39, 0.29) is 12.5 Å². The topological polar surface area (TPSA) is 64.1 Å². The summed E-state index contributed by atoms with van der Waals surface area (Å²) < 4.78 is 5.39. The molecule has 0 aliphatic rings. The van der Waals surface area contributed by atoms with Crippen molar-refractivity contribution in [3.8, 4) is 16.3 Å². The van der Waals surface area contributed by atoms with Gasteiger partial charge in [0.15, 0.2) is 6.61 Å². The molecule has 1 aromatic carbocycles. The van der Waals surface area contributed by atoms with Crippen LogP contribution in [0.25, 0.3) is 10.6 Å². The number of hydrogen-bond acceptors (Lipinski definition) is 5. The Labute approximate surface area is 148 Å². The molecule has 2 heterocycles. The number of carbonyl (C=O) groups excluding carboxylic acids is 1. The third-order valence-corrected chi connectivity index (χ3v) is 4.32. The van der Waals surface area contributed by atoms with Gasteiger partial charge in [0.2, 0.25) is 0 Å². The van der Waals surface area contributed by atoms with Crippen molar-refractivity contribution in [1.82, 2.24) is 15.3 Å². The van der Waals surface area contributed by atoms with E-state index in [1.165, 1.54) is 11.3 Å². The van der Waals surface area contributed by atoms with Gasteiger partial charge in [0.25, 0.3) is 5.91 Å². The van der Waals surface area contributed by atoms with Crippen LogP contribution in [-0.2, 0) is 11.3 Å². The minimum absolute atomic E-state index is 0.0526. The van der Waals surface area contributed by atoms with E-state index < -0.39 is 0 Å². The van der Waals surface area contributed by atoms with Crippen molar-refractivity contribution in [3.05, 3.63) is 64.9 Å². The molecule has 3 rings (SSSR count). The lowest BCUT2D eigenvalue weighted by atomic mass is 10.3. The van der Waals surface area contributed by atoms with Crippen LogP contribution in [0.15, 0.2) is 54.2 Å². The Kier molecular flexibility index (Phi) is 5.40. The van der Waals surface area contributed by atoms with Crippen LogP contribution in [0.2, 0.25) is 5.02 Å². The van der Waals surface area contributed by atoms with Gasteiger partial charge in [-0.25, -0.2) is 4.98 Å². The van der Waals surface area contributed by atoms with Crippen LogP contribution >= 0.6 is 22.9 Å². The summed E-state index contributed by atoms with van der Waals surface area (Å²) in [4.78, 5) is 20.3. The fourth-order valence-electron chi connectivity index (χ4n) is 1.94. The molecule has 0 spiro atoms. The van der Waals surface area contributed by atoms with Crippen LogP contribution in [0.1, 0.15) is 5.69 Å². The average molecular weight is 360 g/mol. The predicted molar refractivity (Wildman–Crippen MR) is 94.1 cm³/mol. The Morgan fingerprint density at radius 1 is 1.17 bits per heavy atom. The normalized spacial score (nSPS) is 10.4. The van der Waals surface area contributed by atoms with Gasteiger partial charge in [0.1, 0.15) is 10.8 Å². The molecular weight excluding hydrogens is 346 g/mol. The highest BCUT2D eigenvalue weighted by atomic mass is 35.5. The molecule has 7 heteroatoms. The van der Waals surface area contributed by atoms with Crippen LogP contribution in [0.5, 0.6) is 5.75 Å². The molecule has 0 unspecified atom stereocenters. The molecule has 2 aromatic heterocycles. The molecule has 0 fully saturated rings. The van der Waals surface area contributed by atoms with Gasteiger partial charge in [-0.05, 0) is 36.4 Å². The number of thiazole rings is 1. The summed E-state index contributed by atoms with van der Waals surface area (Å²) in [6, 6.07) is 10.7. The first-order valence-corrected chi connectivity index (χ1v) is 8.46. The van der Waals surface area contributed by atoms with Gasteiger partial charge in [-0.3, -0.25) is 9.78 Å². The average Bonchev–Trinajstić information content (AvgIpc) is 3.09. The van der Waals surface area contributed by atoms with E-state index in [0.29, 0.717) is 17.3 Å². The highest BCUT2D eigenvalue weighted by molar-refractivity contribution is 7.13. The maximum atomic E-state index is 11.8. The molecule has 0 saturated carbocycles. The van der Waals surface area contributed by atoms with Gasteiger partial charge < -0.3 is 10.1 Å². The monoisotopic (exact) mass is 359 g/mol. The van der Waals surface area contributed by atoms with E-state index in [1.807, 2.05) is 17.5 Å². The SMILES string of the molecule is O=C(COc1ccc(Cl)cc1)NCc1csc(-c2ccncc2)n1. The third-order valence-electron chi connectivity index (χ3n) is 3.13. The van der Waals surface area contributed by atoms with Gasteiger partial charge in [-0.15, -0.1) is 11.3 Å². The summed E-state index contributed by atoms with van der Waals surface area (Å²) in [5.74, 6) is 0.395. The van der Waals surface area contributed by atoms with Gasteiger partial charge >= 0.3 is 0 Å². The zero-order valence-electron chi connectivity index (χ0n) is 12.6. The summed E-state index contributed by atoms with van der Waals surface area (Å²) in [6.07, 6.45) is 3.46. The second-order valence-electron chi connectivity index (χ2n) is 4.90. The fourth-order valence-corrected chi connectivity index (χ4v) is 2.89. The molecule has 1 amide bonds. The number of benzene rings is 1. The van der Waals surface area contributed by atoms with Gasteiger partial charge in [0.05, 0.1) is 12.2 Å². The number of nitrogens with zero attached hydrogens (tertiary/aromatic N) is 2. The molecular formula is C17H14ClN3O2S. The van der Waals surface area contributed by atoms with Crippen molar-refractivity contribution >= 4 is 28.8 Å². The van der Waals surface area contributed by atoms with Crippen molar-refractivity contribution in [2.24, 2.45) is 0 Å². The van der Waals surface area contributed by atoms with Crippen LogP contribution in [0.3, 0.4) is 0 Å². The molecule has 122 valence electrons. The second-order valence-corrected chi connectivity index (χ2v) is 6.19. The van der Waals surface area contributed by atoms with Crippen LogP contribution in [0, 0.1) is 0 Å². The molecule has 3 aromatic rings. The van der Waals surface area contributed by atoms with Gasteiger partial charge in [0, 0.05) is 28.4 Å². The molecule has 5 nitrogen and oxygen atoms in total. The first kappa shape index (κ1) is 16.4. The lowest BCUT2D eigenvalue weighted by Crippen LogP contribution is -2.28. The maximum Gasteiger partial charge on any atom is 0.258 e.